The van der Waals surface area contributed by atoms with Crippen molar-refractivity contribution < 1.29 is 4.42 Å². The highest BCUT2D eigenvalue weighted by atomic mass is 16.4. The van der Waals surface area contributed by atoms with Crippen LogP contribution in [0.5, 0.6) is 0 Å². The van der Waals surface area contributed by atoms with E-state index in [-0.39, 0.29) is 0 Å². The monoisotopic (exact) mass is 388 g/mol. The fourth-order valence-corrected chi connectivity index (χ4v) is 3.63. The smallest absolute Gasteiger partial charge is 0.248 e. The zero-order chi connectivity index (χ0) is 19.9. The first-order valence-corrected chi connectivity index (χ1v) is 9.71. The third-order valence-electron chi connectivity index (χ3n) is 5.20. The summed E-state index contributed by atoms with van der Waals surface area (Å²) in [4.78, 5) is 0. The number of hydrogen-bond acceptors (Lipinski definition) is 4. The maximum Gasteiger partial charge on any atom is 0.248 e. The van der Waals surface area contributed by atoms with Gasteiger partial charge in [-0.2, -0.15) is 5.10 Å². The molecule has 5 nitrogen and oxygen atoms in total. The standard InChI is InChI=1S/C25H16N4O/c1-2-6-18(7-3-1)24-26-27-25(30-24)19-12-10-17(11-13-19)23-15-22-14-20-8-4-5-9-21(20)16-29(22)28-23/h1-16H. The molecule has 6 aromatic rings. The molecule has 6 rings (SSSR count). The lowest BCUT2D eigenvalue weighted by molar-refractivity contribution is 0.584. The van der Waals surface area contributed by atoms with Crippen LogP contribution in [0.15, 0.2) is 102 Å². The molecule has 3 heterocycles. The van der Waals surface area contributed by atoms with Crippen LogP contribution in [-0.4, -0.2) is 19.8 Å². The van der Waals surface area contributed by atoms with E-state index in [1.54, 1.807) is 0 Å². The van der Waals surface area contributed by atoms with Gasteiger partial charge >= 0.3 is 0 Å². The van der Waals surface area contributed by atoms with Crippen LogP contribution >= 0.6 is 0 Å². The highest BCUT2D eigenvalue weighted by Gasteiger charge is 2.11. The minimum Gasteiger partial charge on any atom is -0.416 e. The zero-order valence-corrected chi connectivity index (χ0v) is 15.9. The first kappa shape index (κ1) is 16.7. The first-order valence-electron chi connectivity index (χ1n) is 9.71. The number of rotatable bonds is 3. The molecule has 142 valence electrons. The third kappa shape index (κ3) is 2.84. The molecular formula is C25H16N4O. The lowest BCUT2D eigenvalue weighted by atomic mass is 10.1. The predicted molar refractivity (Wildman–Crippen MR) is 117 cm³/mol. The summed E-state index contributed by atoms with van der Waals surface area (Å²) in [6.07, 6.45) is 2.06. The van der Waals surface area contributed by atoms with Gasteiger partial charge in [0.2, 0.25) is 11.8 Å². The maximum absolute atomic E-state index is 5.85. The molecule has 0 saturated heterocycles. The SMILES string of the molecule is c1ccc(-c2nnc(-c3ccc(-c4cc5cc6ccccc6cn5n4)cc3)o2)cc1. The molecule has 0 saturated carbocycles. The van der Waals surface area contributed by atoms with Gasteiger partial charge in [-0.05, 0) is 41.8 Å². The zero-order valence-electron chi connectivity index (χ0n) is 15.9. The largest absolute Gasteiger partial charge is 0.416 e. The van der Waals surface area contributed by atoms with Gasteiger partial charge < -0.3 is 4.42 Å². The van der Waals surface area contributed by atoms with Crippen molar-refractivity contribution in [1.82, 2.24) is 19.8 Å². The van der Waals surface area contributed by atoms with Crippen LogP contribution in [0.2, 0.25) is 0 Å². The van der Waals surface area contributed by atoms with Crippen LogP contribution in [0.1, 0.15) is 0 Å². The van der Waals surface area contributed by atoms with Crippen molar-refractivity contribution in [3.8, 4) is 34.2 Å². The minimum absolute atomic E-state index is 0.502. The fourth-order valence-electron chi connectivity index (χ4n) is 3.63. The van der Waals surface area contributed by atoms with Crippen LogP contribution in [0.3, 0.4) is 0 Å². The second kappa shape index (κ2) is 6.67. The Hall–Kier alpha value is -4.25. The third-order valence-corrected chi connectivity index (χ3v) is 5.20. The van der Waals surface area contributed by atoms with Crippen LogP contribution in [-0.2, 0) is 0 Å². The summed E-state index contributed by atoms with van der Waals surface area (Å²) in [6, 6.07) is 30.4. The number of hydrogen-bond donors (Lipinski definition) is 0. The summed E-state index contributed by atoms with van der Waals surface area (Å²) in [5, 5.41) is 15.5. The van der Waals surface area contributed by atoms with E-state index in [9.17, 15) is 0 Å². The molecule has 0 fully saturated rings. The molecule has 0 spiro atoms. The number of aromatic nitrogens is 4. The van der Waals surface area contributed by atoms with Crippen molar-refractivity contribution in [2.24, 2.45) is 0 Å². The highest BCUT2D eigenvalue weighted by molar-refractivity contribution is 5.86. The van der Waals surface area contributed by atoms with Gasteiger partial charge in [0.25, 0.3) is 0 Å². The van der Waals surface area contributed by atoms with Crippen LogP contribution < -0.4 is 0 Å². The van der Waals surface area contributed by atoms with Crippen LogP contribution in [0.25, 0.3) is 50.5 Å². The van der Waals surface area contributed by atoms with Gasteiger partial charge in [-0.15, -0.1) is 10.2 Å². The van der Waals surface area contributed by atoms with Gasteiger partial charge in [-0.3, -0.25) is 0 Å². The normalized spacial score (nSPS) is 11.3. The molecule has 0 aliphatic rings. The van der Waals surface area contributed by atoms with Gasteiger partial charge in [0.1, 0.15) is 0 Å². The first-order chi connectivity index (χ1) is 14.8. The second-order valence-corrected chi connectivity index (χ2v) is 7.16. The molecule has 0 aliphatic heterocycles. The summed E-state index contributed by atoms with van der Waals surface area (Å²) >= 11 is 0. The van der Waals surface area contributed by atoms with E-state index in [1.807, 2.05) is 65.2 Å². The summed E-state index contributed by atoms with van der Waals surface area (Å²) in [6.45, 7) is 0. The Labute approximate surface area is 172 Å². The van der Waals surface area contributed by atoms with Crippen molar-refractivity contribution >= 4 is 16.3 Å². The minimum atomic E-state index is 0.502. The molecule has 3 aromatic carbocycles. The van der Waals surface area contributed by atoms with Crippen LogP contribution in [0.4, 0.5) is 0 Å². The predicted octanol–water partition coefficient (Wildman–Crippen LogP) is 5.87. The van der Waals surface area contributed by atoms with E-state index in [1.165, 1.54) is 10.8 Å². The molecular weight excluding hydrogens is 372 g/mol. The average molecular weight is 388 g/mol. The summed E-state index contributed by atoms with van der Waals surface area (Å²) in [7, 11) is 0. The van der Waals surface area contributed by atoms with Gasteiger partial charge in [0.05, 0.1) is 11.2 Å². The van der Waals surface area contributed by atoms with E-state index in [0.29, 0.717) is 11.8 Å². The fraction of sp³-hybridized carbons (Fsp3) is 0. The topological polar surface area (TPSA) is 56.2 Å². The Morgan fingerprint density at radius 2 is 1.23 bits per heavy atom. The molecule has 5 heteroatoms. The maximum atomic E-state index is 5.85. The summed E-state index contributed by atoms with van der Waals surface area (Å²) < 4.78 is 7.78. The quantitative estimate of drug-likeness (QED) is 0.380. The molecule has 3 aromatic heterocycles. The lowest BCUT2D eigenvalue weighted by Gasteiger charge is -1.99. The van der Waals surface area contributed by atoms with Crippen molar-refractivity contribution in [3.05, 3.63) is 97.2 Å². The number of nitrogens with zero attached hydrogens (tertiary/aromatic N) is 4. The van der Waals surface area contributed by atoms with Crippen molar-refractivity contribution in [2.45, 2.75) is 0 Å². The van der Waals surface area contributed by atoms with Gasteiger partial charge in [0, 0.05) is 28.3 Å². The van der Waals surface area contributed by atoms with Crippen molar-refractivity contribution in [2.75, 3.05) is 0 Å². The number of pyridine rings is 1. The molecule has 30 heavy (non-hydrogen) atoms. The van der Waals surface area contributed by atoms with E-state index in [0.717, 1.165) is 27.9 Å². The van der Waals surface area contributed by atoms with E-state index < -0.39 is 0 Å². The molecule has 0 N–H and O–H groups in total. The Kier molecular flexibility index (Phi) is 3.71. The Bertz CT molecular complexity index is 1430. The highest BCUT2D eigenvalue weighted by Crippen LogP contribution is 2.27. The molecule has 0 unspecified atom stereocenters. The number of fused-ring (bicyclic) bond motifs is 2. The molecule has 0 atom stereocenters. The van der Waals surface area contributed by atoms with Crippen molar-refractivity contribution in [3.63, 3.8) is 0 Å². The van der Waals surface area contributed by atoms with E-state index in [4.69, 9.17) is 9.52 Å². The second-order valence-electron chi connectivity index (χ2n) is 7.16. The Morgan fingerprint density at radius 3 is 2.00 bits per heavy atom. The molecule has 0 aliphatic carbocycles. The Balaban J connectivity index is 1.33. The van der Waals surface area contributed by atoms with E-state index in [2.05, 4.69) is 46.7 Å². The molecule has 0 radical (unpaired) electrons. The van der Waals surface area contributed by atoms with Gasteiger partial charge in [0.15, 0.2) is 0 Å². The summed E-state index contributed by atoms with van der Waals surface area (Å²) in [5.41, 5.74) is 4.81. The van der Waals surface area contributed by atoms with Gasteiger partial charge in [-0.25, -0.2) is 4.52 Å². The molecule has 0 bridgehead atoms. The average Bonchev–Trinajstić information content (AvgIpc) is 3.45. The van der Waals surface area contributed by atoms with Gasteiger partial charge in [-0.1, -0.05) is 54.6 Å². The number of benzene rings is 3. The van der Waals surface area contributed by atoms with Crippen LogP contribution in [0, 0.1) is 0 Å². The lowest BCUT2D eigenvalue weighted by Crippen LogP contribution is -1.87. The molecule has 0 amide bonds. The Morgan fingerprint density at radius 1 is 0.600 bits per heavy atom. The summed E-state index contributed by atoms with van der Waals surface area (Å²) in [5.74, 6) is 1.02. The van der Waals surface area contributed by atoms with E-state index >= 15 is 0 Å². The van der Waals surface area contributed by atoms with Crippen molar-refractivity contribution in [1.29, 1.82) is 0 Å².